The van der Waals surface area contributed by atoms with Crippen LogP contribution in [0, 0.1) is 5.92 Å². The Hall–Kier alpha value is -0.120. The van der Waals surface area contributed by atoms with Crippen LogP contribution < -0.4 is 5.11 Å². The molecule has 1 atom stereocenters. The lowest BCUT2D eigenvalue weighted by atomic mass is 9.92. The maximum atomic E-state index is 10.3. The van der Waals surface area contributed by atoms with Crippen LogP contribution in [0.15, 0.2) is 0 Å². The predicted molar refractivity (Wildman–Crippen MR) is 41.1 cm³/mol. The Kier molecular flexibility index (Phi) is 3.30. The van der Waals surface area contributed by atoms with E-state index in [1.807, 2.05) is 0 Å². The van der Waals surface area contributed by atoms with Crippen molar-refractivity contribution in [1.82, 2.24) is 4.90 Å². The first kappa shape index (κ1) is 8.97. The monoisotopic (exact) mass is 158 g/mol. The second kappa shape index (κ2) is 4.04. The Bertz CT molecular complexity index is 111. The minimum atomic E-state index is -0.608. The molecular formula is C8H16NO2-. The molecule has 1 N–H and O–H groups in total. The first-order chi connectivity index (χ1) is 5.24. The highest BCUT2D eigenvalue weighted by atomic mass is 16.3. The molecule has 3 heteroatoms. The van der Waals surface area contributed by atoms with E-state index in [-0.39, 0.29) is 12.5 Å². The lowest BCUT2D eigenvalue weighted by Gasteiger charge is -2.33. The van der Waals surface area contributed by atoms with Gasteiger partial charge in [0, 0.05) is 6.10 Å². The summed E-state index contributed by atoms with van der Waals surface area (Å²) in [5.41, 5.74) is 0. The van der Waals surface area contributed by atoms with Crippen molar-refractivity contribution in [1.29, 1.82) is 0 Å². The molecule has 0 aliphatic carbocycles. The summed E-state index contributed by atoms with van der Waals surface area (Å²) >= 11 is 0. The van der Waals surface area contributed by atoms with E-state index in [1.165, 1.54) is 0 Å². The zero-order valence-corrected chi connectivity index (χ0v) is 6.99. The zero-order valence-electron chi connectivity index (χ0n) is 6.99. The molecule has 0 aromatic carbocycles. The van der Waals surface area contributed by atoms with Gasteiger partial charge in [-0.3, -0.25) is 0 Å². The van der Waals surface area contributed by atoms with Gasteiger partial charge in [0.25, 0.3) is 0 Å². The lowest BCUT2D eigenvalue weighted by Crippen LogP contribution is -2.39. The van der Waals surface area contributed by atoms with Gasteiger partial charge in [0.2, 0.25) is 0 Å². The molecule has 0 amide bonds. The fraction of sp³-hybridized carbons (Fsp3) is 1.00. The molecule has 0 aromatic heterocycles. The summed E-state index contributed by atoms with van der Waals surface area (Å²) in [6.45, 7) is 1.69. The predicted octanol–water partition coefficient (Wildman–Crippen LogP) is -0.951. The van der Waals surface area contributed by atoms with Gasteiger partial charge in [-0.15, -0.1) is 6.61 Å². The summed E-state index contributed by atoms with van der Waals surface area (Å²) in [7, 11) is 2.07. The maximum Gasteiger partial charge on any atom is 0.0417 e. The third kappa shape index (κ3) is 2.43. The first-order valence-electron chi connectivity index (χ1n) is 4.18. The van der Waals surface area contributed by atoms with Crippen LogP contribution in [0.3, 0.4) is 0 Å². The number of hydrogen-bond donors (Lipinski definition) is 1. The van der Waals surface area contributed by atoms with E-state index < -0.39 is 6.10 Å². The van der Waals surface area contributed by atoms with E-state index in [9.17, 15) is 10.2 Å². The highest BCUT2D eigenvalue weighted by molar-refractivity contribution is 4.74. The van der Waals surface area contributed by atoms with Crippen LogP contribution in [0.1, 0.15) is 12.8 Å². The molecule has 0 spiro atoms. The maximum absolute atomic E-state index is 10.3. The van der Waals surface area contributed by atoms with E-state index in [1.54, 1.807) is 0 Å². The molecule has 11 heavy (non-hydrogen) atoms. The molecule has 1 aliphatic heterocycles. The fourth-order valence-electron chi connectivity index (χ4n) is 1.55. The standard InChI is InChI=1S/C8H16NO2/c1-9-4-2-7(3-5-9)8(11)6-10/h7-8,11H,2-6H2,1H3/q-1/t8-/m1/s1. The Labute approximate surface area is 67.6 Å². The number of nitrogens with zero attached hydrogens (tertiary/aromatic N) is 1. The van der Waals surface area contributed by atoms with Crippen LogP contribution in [0.25, 0.3) is 0 Å². The van der Waals surface area contributed by atoms with Crippen LogP contribution in [0.5, 0.6) is 0 Å². The second-order valence-electron chi connectivity index (χ2n) is 3.37. The van der Waals surface area contributed by atoms with Crippen molar-refractivity contribution in [3.05, 3.63) is 0 Å². The molecule has 3 nitrogen and oxygen atoms in total. The van der Waals surface area contributed by atoms with Crippen molar-refractivity contribution < 1.29 is 10.2 Å². The fourth-order valence-corrected chi connectivity index (χ4v) is 1.55. The average molecular weight is 158 g/mol. The van der Waals surface area contributed by atoms with E-state index >= 15 is 0 Å². The summed E-state index contributed by atoms with van der Waals surface area (Å²) in [5, 5.41) is 19.6. The number of hydrogen-bond acceptors (Lipinski definition) is 3. The molecule has 1 rings (SSSR count). The lowest BCUT2D eigenvalue weighted by molar-refractivity contribution is -0.387. The zero-order chi connectivity index (χ0) is 8.27. The van der Waals surface area contributed by atoms with Gasteiger partial charge in [-0.05, 0) is 38.9 Å². The molecular weight excluding hydrogens is 142 g/mol. The van der Waals surface area contributed by atoms with Gasteiger partial charge in [0.05, 0.1) is 0 Å². The van der Waals surface area contributed by atoms with Crippen molar-refractivity contribution in [3.63, 3.8) is 0 Å². The van der Waals surface area contributed by atoms with Crippen LogP contribution in [-0.2, 0) is 0 Å². The normalized spacial score (nSPS) is 25.4. The van der Waals surface area contributed by atoms with Gasteiger partial charge in [-0.1, -0.05) is 0 Å². The van der Waals surface area contributed by atoms with Gasteiger partial charge in [-0.2, -0.15) is 0 Å². The number of likely N-dealkylation sites (tertiary alicyclic amines) is 1. The highest BCUT2D eigenvalue weighted by Crippen LogP contribution is 2.18. The Balaban J connectivity index is 2.27. The minimum absolute atomic E-state index is 0.253. The molecule has 1 aliphatic rings. The topological polar surface area (TPSA) is 46.5 Å². The van der Waals surface area contributed by atoms with Gasteiger partial charge < -0.3 is 15.1 Å². The largest absolute Gasteiger partial charge is 0.853 e. The Morgan fingerprint density at radius 3 is 2.55 bits per heavy atom. The van der Waals surface area contributed by atoms with Gasteiger partial charge in [0.15, 0.2) is 0 Å². The summed E-state index contributed by atoms with van der Waals surface area (Å²) in [6, 6.07) is 0. The van der Waals surface area contributed by atoms with Crippen LogP contribution >= 0.6 is 0 Å². The van der Waals surface area contributed by atoms with Crippen molar-refractivity contribution in [2.75, 3.05) is 26.7 Å². The quantitative estimate of drug-likeness (QED) is 0.563. The Morgan fingerprint density at radius 1 is 1.55 bits per heavy atom. The first-order valence-corrected chi connectivity index (χ1v) is 4.18. The molecule has 0 aromatic rings. The van der Waals surface area contributed by atoms with Gasteiger partial charge in [0.1, 0.15) is 0 Å². The molecule has 0 unspecified atom stereocenters. The van der Waals surface area contributed by atoms with E-state index in [0.717, 1.165) is 25.9 Å². The molecule has 1 saturated heterocycles. The third-order valence-corrected chi connectivity index (χ3v) is 2.48. The van der Waals surface area contributed by atoms with Crippen molar-refractivity contribution in [3.8, 4) is 0 Å². The Morgan fingerprint density at radius 2 is 2.09 bits per heavy atom. The number of aliphatic hydroxyl groups is 1. The molecule has 0 saturated carbocycles. The van der Waals surface area contributed by atoms with Gasteiger partial charge >= 0.3 is 0 Å². The molecule has 0 radical (unpaired) electrons. The van der Waals surface area contributed by atoms with E-state index in [2.05, 4.69) is 11.9 Å². The smallest absolute Gasteiger partial charge is 0.0417 e. The molecule has 66 valence electrons. The van der Waals surface area contributed by atoms with Crippen molar-refractivity contribution >= 4 is 0 Å². The summed E-state index contributed by atoms with van der Waals surface area (Å²) in [5.74, 6) is 0.253. The molecule has 1 fully saturated rings. The van der Waals surface area contributed by atoms with E-state index in [4.69, 9.17) is 0 Å². The number of rotatable bonds is 2. The highest BCUT2D eigenvalue weighted by Gasteiger charge is 2.20. The number of piperidine rings is 1. The third-order valence-electron chi connectivity index (χ3n) is 2.48. The van der Waals surface area contributed by atoms with Crippen LogP contribution in [-0.4, -0.2) is 42.9 Å². The van der Waals surface area contributed by atoms with E-state index in [0.29, 0.717) is 0 Å². The van der Waals surface area contributed by atoms with Crippen molar-refractivity contribution in [2.24, 2.45) is 5.92 Å². The minimum Gasteiger partial charge on any atom is -0.853 e. The molecule has 0 bridgehead atoms. The van der Waals surface area contributed by atoms with Crippen molar-refractivity contribution in [2.45, 2.75) is 18.9 Å². The van der Waals surface area contributed by atoms with Gasteiger partial charge in [-0.25, -0.2) is 0 Å². The summed E-state index contributed by atoms with van der Waals surface area (Å²) < 4.78 is 0. The summed E-state index contributed by atoms with van der Waals surface area (Å²) in [4.78, 5) is 2.23. The summed E-state index contributed by atoms with van der Waals surface area (Å²) in [6.07, 6.45) is 1.34. The number of aliphatic hydroxyl groups excluding tert-OH is 1. The second-order valence-corrected chi connectivity index (χ2v) is 3.37. The SMILES string of the molecule is CN1CCC([C@H](O)C[O-])CC1. The average Bonchev–Trinajstić information content (AvgIpc) is 2.05. The van der Waals surface area contributed by atoms with Crippen LogP contribution in [0.4, 0.5) is 0 Å². The van der Waals surface area contributed by atoms with Crippen LogP contribution in [0.2, 0.25) is 0 Å². The molecule has 1 heterocycles.